The van der Waals surface area contributed by atoms with Gasteiger partial charge >= 0.3 is 0 Å². The minimum absolute atomic E-state index is 0.489. The number of hydrogen-bond donors (Lipinski definition) is 1. The van der Waals surface area contributed by atoms with E-state index in [9.17, 15) is 0 Å². The first kappa shape index (κ1) is 16.0. The molecule has 0 aromatic carbocycles. The average Bonchev–Trinajstić information content (AvgIpc) is 2.24. The van der Waals surface area contributed by atoms with Crippen LogP contribution in [0.2, 0.25) is 0 Å². The molecule has 1 unspecified atom stereocenters. The minimum atomic E-state index is 0.489. The van der Waals surface area contributed by atoms with Crippen LogP contribution in [-0.2, 0) is 0 Å². The van der Waals surface area contributed by atoms with E-state index in [2.05, 4.69) is 27.7 Å². The second-order valence-corrected chi connectivity index (χ2v) is 5.86. The largest absolute Gasteiger partial charge is 0.330 e. The molecule has 2 N–H and O–H groups in total. The third-order valence-corrected chi connectivity index (χ3v) is 3.93. The third-order valence-electron chi connectivity index (χ3n) is 3.93. The summed E-state index contributed by atoms with van der Waals surface area (Å²) in [5.74, 6) is 0.823. The SMILES string of the molecule is CCCCCCC(C)(C)C(CCC)CCN. The summed E-state index contributed by atoms with van der Waals surface area (Å²) in [6.07, 6.45) is 10.7. The molecule has 0 heterocycles. The maximum absolute atomic E-state index is 5.73. The van der Waals surface area contributed by atoms with Gasteiger partial charge in [0, 0.05) is 0 Å². The molecule has 0 saturated carbocycles. The monoisotopic (exact) mass is 227 g/mol. The normalized spacial score (nSPS) is 14.1. The molecule has 98 valence electrons. The third kappa shape index (κ3) is 6.52. The van der Waals surface area contributed by atoms with Crippen molar-refractivity contribution in [1.29, 1.82) is 0 Å². The maximum atomic E-state index is 5.73. The van der Waals surface area contributed by atoms with Crippen LogP contribution in [0.5, 0.6) is 0 Å². The first-order valence-electron chi connectivity index (χ1n) is 7.28. The highest BCUT2D eigenvalue weighted by atomic mass is 14.5. The summed E-state index contributed by atoms with van der Waals surface area (Å²) in [5.41, 5.74) is 6.22. The molecule has 0 radical (unpaired) electrons. The second-order valence-electron chi connectivity index (χ2n) is 5.86. The van der Waals surface area contributed by atoms with Gasteiger partial charge in [-0.25, -0.2) is 0 Å². The van der Waals surface area contributed by atoms with E-state index in [0.717, 1.165) is 12.5 Å². The Kier molecular flexibility index (Phi) is 9.02. The Morgan fingerprint density at radius 2 is 1.62 bits per heavy atom. The highest BCUT2D eigenvalue weighted by molar-refractivity contribution is 4.78. The average molecular weight is 227 g/mol. The molecule has 0 aromatic rings. The van der Waals surface area contributed by atoms with E-state index >= 15 is 0 Å². The number of unbranched alkanes of at least 4 members (excludes halogenated alkanes) is 3. The van der Waals surface area contributed by atoms with Gasteiger partial charge in [-0.05, 0) is 30.7 Å². The standard InChI is InChI=1S/C15H33N/c1-5-7-8-9-12-15(3,4)14(10-6-2)11-13-16/h14H,5-13,16H2,1-4H3. The van der Waals surface area contributed by atoms with Crippen LogP contribution in [0.3, 0.4) is 0 Å². The molecule has 0 aliphatic rings. The van der Waals surface area contributed by atoms with Gasteiger partial charge in [-0.15, -0.1) is 0 Å². The van der Waals surface area contributed by atoms with Gasteiger partial charge < -0.3 is 5.73 Å². The molecule has 0 rings (SSSR count). The molecule has 0 saturated heterocycles. The number of hydrogen-bond acceptors (Lipinski definition) is 1. The zero-order valence-electron chi connectivity index (χ0n) is 12.0. The Balaban J connectivity index is 4.01. The molecule has 0 fully saturated rings. The fourth-order valence-electron chi connectivity index (χ4n) is 2.69. The lowest BCUT2D eigenvalue weighted by molar-refractivity contribution is 0.167. The maximum Gasteiger partial charge on any atom is -0.00744 e. The van der Waals surface area contributed by atoms with Crippen molar-refractivity contribution in [2.45, 2.75) is 79.1 Å². The molecule has 1 atom stereocenters. The van der Waals surface area contributed by atoms with Gasteiger partial charge in [0.1, 0.15) is 0 Å². The summed E-state index contributed by atoms with van der Waals surface area (Å²) in [6.45, 7) is 10.3. The Hall–Kier alpha value is -0.0400. The first-order valence-corrected chi connectivity index (χ1v) is 7.28. The van der Waals surface area contributed by atoms with Crippen LogP contribution >= 0.6 is 0 Å². The van der Waals surface area contributed by atoms with Crippen molar-refractivity contribution in [3.8, 4) is 0 Å². The predicted molar refractivity (Wildman–Crippen MR) is 74.6 cm³/mol. The summed E-state index contributed by atoms with van der Waals surface area (Å²) < 4.78 is 0. The molecule has 0 amide bonds. The van der Waals surface area contributed by atoms with E-state index in [0.29, 0.717) is 5.41 Å². The van der Waals surface area contributed by atoms with Crippen LogP contribution < -0.4 is 5.73 Å². The van der Waals surface area contributed by atoms with Crippen LogP contribution in [0.4, 0.5) is 0 Å². The van der Waals surface area contributed by atoms with Crippen molar-refractivity contribution in [2.75, 3.05) is 6.54 Å². The molecule has 0 aromatic heterocycles. The summed E-state index contributed by atoms with van der Waals surface area (Å²) in [7, 11) is 0. The minimum Gasteiger partial charge on any atom is -0.330 e. The van der Waals surface area contributed by atoms with Crippen molar-refractivity contribution >= 4 is 0 Å². The molecule has 0 aliphatic heterocycles. The van der Waals surface area contributed by atoms with Gasteiger partial charge in [-0.2, -0.15) is 0 Å². The number of nitrogens with two attached hydrogens (primary N) is 1. The first-order chi connectivity index (χ1) is 7.58. The van der Waals surface area contributed by atoms with E-state index in [-0.39, 0.29) is 0 Å². The topological polar surface area (TPSA) is 26.0 Å². The van der Waals surface area contributed by atoms with Crippen LogP contribution in [0, 0.1) is 11.3 Å². The Morgan fingerprint density at radius 1 is 0.938 bits per heavy atom. The highest BCUT2D eigenvalue weighted by Gasteiger charge is 2.27. The smallest absolute Gasteiger partial charge is 0.00744 e. The fraction of sp³-hybridized carbons (Fsp3) is 1.00. The lowest BCUT2D eigenvalue weighted by atomic mass is 9.71. The summed E-state index contributed by atoms with van der Waals surface area (Å²) >= 11 is 0. The molecule has 16 heavy (non-hydrogen) atoms. The van der Waals surface area contributed by atoms with E-state index in [4.69, 9.17) is 5.73 Å². The quantitative estimate of drug-likeness (QED) is 0.536. The van der Waals surface area contributed by atoms with Gasteiger partial charge in [-0.3, -0.25) is 0 Å². The fourth-order valence-corrected chi connectivity index (χ4v) is 2.69. The van der Waals surface area contributed by atoms with Gasteiger partial charge in [0.25, 0.3) is 0 Å². The van der Waals surface area contributed by atoms with Crippen LogP contribution in [0.15, 0.2) is 0 Å². The van der Waals surface area contributed by atoms with E-state index < -0.39 is 0 Å². The second kappa shape index (κ2) is 9.04. The Labute approximate surface area is 103 Å². The Bertz CT molecular complexity index is 146. The molecular formula is C15H33N. The van der Waals surface area contributed by atoms with Crippen molar-refractivity contribution in [1.82, 2.24) is 0 Å². The Morgan fingerprint density at radius 3 is 2.12 bits per heavy atom. The summed E-state index contributed by atoms with van der Waals surface area (Å²) in [5, 5.41) is 0. The van der Waals surface area contributed by atoms with Crippen molar-refractivity contribution < 1.29 is 0 Å². The van der Waals surface area contributed by atoms with Crippen LogP contribution in [0.1, 0.15) is 79.1 Å². The molecule has 0 spiro atoms. The van der Waals surface area contributed by atoms with Gasteiger partial charge in [0.2, 0.25) is 0 Å². The molecular weight excluding hydrogens is 194 g/mol. The lowest BCUT2D eigenvalue weighted by Gasteiger charge is -2.34. The summed E-state index contributed by atoms with van der Waals surface area (Å²) in [6, 6.07) is 0. The van der Waals surface area contributed by atoms with Gasteiger partial charge in [-0.1, -0.05) is 66.2 Å². The van der Waals surface area contributed by atoms with Crippen molar-refractivity contribution in [3.63, 3.8) is 0 Å². The van der Waals surface area contributed by atoms with Gasteiger partial charge in [0.15, 0.2) is 0 Å². The van der Waals surface area contributed by atoms with Crippen molar-refractivity contribution in [3.05, 3.63) is 0 Å². The van der Waals surface area contributed by atoms with E-state index in [1.807, 2.05) is 0 Å². The van der Waals surface area contributed by atoms with E-state index in [1.54, 1.807) is 0 Å². The van der Waals surface area contributed by atoms with E-state index in [1.165, 1.54) is 51.4 Å². The van der Waals surface area contributed by atoms with Gasteiger partial charge in [0.05, 0.1) is 0 Å². The molecule has 0 bridgehead atoms. The van der Waals surface area contributed by atoms with Crippen LogP contribution in [0.25, 0.3) is 0 Å². The zero-order chi connectivity index (χ0) is 12.4. The number of rotatable bonds is 10. The summed E-state index contributed by atoms with van der Waals surface area (Å²) in [4.78, 5) is 0. The molecule has 1 heteroatoms. The van der Waals surface area contributed by atoms with Crippen molar-refractivity contribution in [2.24, 2.45) is 17.1 Å². The zero-order valence-corrected chi connectivity index (χ0v) is 12.0. The lowest BCUT2D eigenvalue weighted by Crippen LogP contribution is -2.26. The van der Waals surface area contributed by atoms with Crippen LogP contribution in [-0.4, -0.2) is 6.54 Å². The molecule has 1 nitrogen and oxygen atoms in total. The predicted octanol–water partition coefficient (Wildman–Crippen LogP) is 4.75. The molecule has 0 aliphatic carbocycles. The highest BCUT2D eigenvalue weighted by Crippen LogP contribution is 2.37.